The van der Waals surface area contributed by atoms with E-state index in [1.165, 1.54) is 13.2 Å². The van der Waals surface area contributed by atoms with Crippen molar-refractivity contribution in [1.82, 2.24) is 10.6 Å². The second-order valence-corrected chi connectivity index (χ2v) is 7.66. The number of hydrogen-bond acceptors (Lipinski definition) is 6. The maximum absolute atomic E-state index is 12.6. The number of urea groups is 1. The van der Waals surface area contributed by atoms with E-state index in [0.29, 0.717) is 5.69 Å². The van der Waals surface area contributed by atoms with Crippen LogP contribution < -0.4 is 16.0 Å². The third kappa shape index (κ3) is 6.04. The average molecular weight is 419 g/mol. The Kier molecular flexibility index (Phi) is 7.96. The molecule has 0 fully saturated rings. The minimum Gasteiger partial charge on any atom is -0.467 e. The number of amides is 3. The number of aliphatic hydroxyl groups excluding tert-OH is 2. The van der Waals surface area contributed by atoms with Gasteiger partial charge in [-0.1, -0.05) is 37.6 Å². The molecule has 1 aromatic rings. The molecule has 0 bridgehead atoms. The van der Waals surface area contributed by atoms with Gasteiger partial charge in [0.15, 0.2) is 0 Å². The fourth-order valence-electron chi connectivity index (χ4n) is 3.08. The number of carbonyl (C=O) groups is 3. The van der Waals surface area contributed by atoms with E-state index in [2.05, 4.69) is 16.0 Å². The Labute approximate surface area is 175 Å². The molecule has 1 aliphatic carbocycles. The molecule has 164 valence electrons. The van der Waals surface area contributed by atoms with E-state index >= 15 is 0 Å². The second-order valence-electron chi connectivity index (χ2n) is 7.66. The van der Waals surface area contributed by atoms with Crippen LogP contribution >= 0.6 is 0 Å². The van der Waals surface area contributed by atoms with E-state index in [4.69, 9.17) is 4.74 Å². The standard InChI is InChI=1S/C21H29N3O6/c1-11(2)17(20(28)30-4)24-19(27)13-9-15(18(26)16(25)10-13)23-21(29)22-14-7-5-12(3)6-8-14/h5-9,11,15-18,25-26H,10H2,1-4H3,(H,24,27)(H2,22,23,29)/t15-,16-,17-,18-/m1/s1. The zero-order valence-electron chi connectivity index (χ0n) is 17.5. The fraction of sp³-hybridized carbons (Fsp3) is 0.476. The zero-order valence-corrected chi connectivity index (χ0v) is 17.5. The summed E-state index contributed by atoms with van der Waals surface area (Å²) in [6.45, 7) is 5.44. The van der Waals surface area contributed by atoms with Gasteiger partial charge in [-0.2, -0.15) is 0 Å². The first-order valence-corrected chi connectivity index (χ1v) is 9.72. The van der Waals surface area contributed by atoms with Crippen molar-refractivity contribution in [2.24, 2.45) is 5.92 Å². The Morgan fingerprint density at radius 2 is 1.77 bits per heavy atom. The highest BCUT2D eigenvalue weighted by atomic mass is 16.5. The van der Waals surface area contributed by atoms with Crippen molar-refractivity contribution in [1.29, 1.82) is 0 Å². The van der Waals surface area contributed by atoms with Crippen LogP contribution in [0.15, 0.2) is 35.9 Å². The predicted octanol–water partition coefficient (Wildman–Crippen LogP) is 0.851. The number of aryl methyl sites for hydroxylation is 1. The number of benzene rings is 1. The summed E-state index contributed by atoms with van der Waals surface area (Å²) in [5, 5.41) is 28.2. The highest BCUT2D eigenvalue weighted by Gasteiger charge is 2.35. The zero-order chi connectivity index (χ0) is 22.4. The molecule has 2 rings (SSSR count). The highest BCUT2D eigenvalue weighted by molar-refractivity contribution is 5.97. The summed E-state index contributed by atoms with van der Waals surface area (Å²) in [4.78, 5) is 36.8. The monoisotopic (exact) mass is 419 g/mol. The van der Waals surface area contributed by atoms with Crippen LogP contribution in [0.3, 0.4) is 0 Å². The molecule has 30 heavy (non-hydrogen) atoms. The molecule has 5 N–H and O–H groups in total. The molecule has 0 heterocycles. The smallest absolute Gasteiger partial charge is 0.328 e. The number of anilines is 1. The fourth-order valence-corrected chi connectivity index (χ4v) is 3.08. The van der Waals surface area contributed by atoms with Crippen LogP contribution in [-0.2, 0) is 14.3 Å². The molecule has 4 atom stereocenters. The number of methoxy groups -OCH3 is 1. The summed E-state index contributed by atoms with van der Waals surface area (Å²) < 4.78 is 4.71. The van der Waals surface area contributed by atoms with Gasteiger partial charge in [0.2, 0.25) is 5.91 Å². The Morgan fingerprint density at radius 1 is 1.13 bits per heavy atom. The molecular formula is C21H29N3O6. The number of esters is 1. The van der Waals surface area contributed by atoms with Crippen molar-refractivity contribution < 1.29 is 29.3 Å². The Balaban J connectivity index is 2.10. The number of hydrogen-bond donors (Lipinski definition) is 5. The van der Waals surface area contributed by atoms with E-state index in [-0.39, 0.29) is 17.9 Å². The molecule has 0 saturated carbocycles. The number of ether oxygens (including phenoxy) is 1. The maximum Gasteiger partial charge on any atom is 0.328 e. The summed E-state index contributed by atoms with van der Waals surface area (Å²) in [6, 6.07) is 4.69. The van der Waals surface area contributed by atoms with Crippen molar-refractivity contribution in [3.8, 4) is 0 Å². The van der Waals surface area contributed by atoms with Crippen molar-refractivity contribution in [3.05, 3.63) is 41.5 Å². The summed E-state index contributed by atoms with van der Waals surface area (Å²) in [5.41, 5.74) is 1.75. The summed E-state index contributed by atoms with van der Waals surface area (Å²) in [5.74, 6) is -1.37. The van der Waals surface area contributed by atoms with Gasteiger partial charge < -0.3 is 30.9 Å². The average Bonchev–Trinajstić information content (AvgIpc) is 2.70. The van der Waals surface area contributed by atoms with Gasteiger partial charge in [0.05, 0.1) is 19.3 Å². The molecule has 0 radical (unpaired) electrons. The van der Waals surface area contributed by atoms with Crippen LogP contribution in [0.25, 0.3) is 0 Å². The summed E-state index contributed by atoms with van der Waals surface area (Å²) in [7, 11) is 1.23. The first kappa shape index (κ1) is 23.4. The van der Waals surface area contributed by atoms with Crippen LogP contribution in [0.4, 0.5) is 10.5 Å². The second kappa shape index (κ2) is 10.2. The molecule has 1 aromatic carbocycles. The predicted molar refractivity (Wildman–Crippen MR) is 111 cm³/mol. The van der Waals surface area contributed by atoms with E-state index in [1.807, 2.05) is 19.1 Å². The molecule has 0 spiro atoms. The molecule has 0 aliphatic heterocycles. The molecule has 9 nitrogen and oxygen atoms in total. The molecule has 0 unspecified atom stereocenters. The third-order valence-corrected chi connectivity index (χ3v) is 4.88. The molecule has 3 amide bonds. The van der Waals surface area contributed by atoms with Crippen LogP contribution in [0.1, 0.15) is 25.8 Å². The van der Waals surface area contributed by atoms with Gasteiger partial charge in [-0.3, -0.25) is 4.79 Å². The van der Waals surface area contributed by atoms with Crippen LogP contribution in [0, 0.1) is 12.8 Å². The van der Waals surface area contributed by atoms with E-state index in [1.54, 1.807) is 26.0 Å². The van der Waals surface area contributed by atoms with E-state index in [0.717, 1.165) is 5.56 Å². The Bertz CT molecular complexity index is 805. The van der Waals surface area contributed by atoms with Gasteiger partial charge >= 0.3 is 12.0 Å². The lowest BCUT2D eigenvalue weighted by Crippen LogP contribution is -2.53. The quantitative estimate of drug-likeness (QED) is 0.434. The van der Waals surface area contributed by atoms with Crippen molar-refractivity contribution in [2.75, 3.05) is 12.4 Å². The number of carbonyl (C=O) groups excluding carboxylic acids is 3. The van der Waals surface area contributed by atoms with Crippen molar-refractivity contribution >= 4 is 23.6 Å². The molecule has 1 aliphatic rings. The Morgan fingerprint density at radius 3 is 2.33 bits per heavy atom. The summed E-state index contributed by atoms with van der Waals surface area (Å²) in [6.07, 6.45) is -1.27. The summed E-state index contributed by atoms with van der Waals surface area (Å²) >= 11 is 0. The van der Waals surface area contributed by atoms with Gasteiger partial charge in [-0.05, 0) is 25.0 Å². The lowest BCUT2D eigenvalue weighted by molar-refractivity contribution is -0.146. The minimum absolute atomic E-state index is 0.114. The van der Waals surface area contributed by atoms with E-state index in [9.17, 15) is 24.6 Å². The lowest BCUT2D eigenvalue weighted by atomic mass is 9.89. The number of nitrogens with one attached hydrogen (secondary N) is 3. The first-order valence-electron chi connectivity index (χ1n) is 9.72. The lowest BCUT2D eigenvalue weighted by Gasteiger charge is -2.31. The van der Waals surface area contributed by atoms with Crippen LogP contribution in [0.5, 0.6) is 0 Å². The maximum atomic E-state index is 12.6. The van der Waals surface area contributed by atoms with Gasteiger partial charge in [0, 0.05) is 17.7 Å². The highest BCUT2D eigenvalue weighted by Crippen LogP contribution is 2.21. The largest absolute Gasteiger partial charge is 0.467 e. The Hall–Kier alpha value is -2.91. The molecular weight excluding hydrogens is 390 g/mol. The van der Waals surface area contributed by atoms with Crippen molar-refractivity contribution in [3.63, 3.8) is 0 Å². The number of rotatable bonds is 6. The third-order valence-electron chi connectivity index (χ3n) is 4.88. The van der Waals surface area contributed by atoms with Crippen LogP contribution in [-0.4, -0.2) is 59.5 Å². The van der Waals surface area contributed by atoms with Gasteiger partial charge in [-0.25, -0.2) is 9.59 Å². The van der Waals surface area contributed by atoms with Gasteiger partial charge in [-0.15, -0.1) is 0 Å². The molecule has 0 aromatic heterocycles. The van der Waals surface area contributed by atoms with Crippen molar-refractivity contribution in [2.45, 2.75) is 51.5 Å². The minimum atomic E-state index is -1.29. The topological polar surface area (TPSA) is 137 Å². The van der Waals surface area contributed by atoms with Gasteiger partial charge in [0.1, 0.15) is 12.1 Å². The molecule has 9 heteroatoms. The first-order chi connectivity index (χ1) is 14.1. The normalized spacial score (nSPS) is 22.0. The van der Waals surface area contributed by atoms with Crippen LogP contribution in [0.2, 0.25) is 0 Å². The number of aliphatic hydroxyl groups is 2. The van der Waals surface area contributed by atoms with Gasteiger partial charge in [0.25, 0.3) is 0 Å². The SMILES string of the molecule is COC(=O)[C@H](NC(=O)C1=C[C@@H](NC(=O)Nc2ccc(C)cc2)[C@@H](O)[C@H](O)C1)C(C)C. The van der Waals surface area contributed by atoms with E-state index < -0.39 is 42.2 Å². The molecule has 0 saturated heterocycles.